The Balaban J connectivity index is 2.83. The van der Waals surface area contributed by atoms with Gasteiger partial charge in [0.15, 0.2) is 0 Å². The van der Waals surface area contributed by atoms with E-state index in [0.29, 0.717) is 5.56 Å². The Morgan fingerprint density at radius 2 is 2.20 bits per heavy atom. The van der Waals surface area contributed by atoms with Gasteiger partial charge < -0.3 is 11.1 Å². The Morgan fingerprint density at radius 1 is 1.47 bits per heavy atom. The maximum absolute atomic E-state index is 7.39. The molecule has 0 bridgehead atoms. The first-order valence-corrected chi connectivity index (χ1v) is 4.82. The lowest BCUT2D eigenvalue weighted by Crippen LogP contribution is -2.12. The number of benzene rings is 1. The molecule has 4 N–H and O–H groups in total. The third-order valence-electron chi connectivity index (χ3n) is 1.94. The van der Waals surface area contributed by atoms with Crippen LogP contribution in [0.15, 0.2) is 24.3 Å². The predicted octanol–water partition coefficient (Wildman–Crippen LogP) is 0.932. The average molecular weight is 201 g/mol. The maximum atomic E-state index is 7.39. The van der Waals surface area contributed by atoms with E-state index in [2.05, 4.69) is 17.2 Å². The molecule has 3 nitrogen and oxygen atoms in total. The SMILES string of the molecule is CNCCC#Cc1ccccc1C(=N)N. The van der Waals surface area contributed by atoms with Crippen molar-refractivity contribution in [2.75, 3.05) is 13.6 Å². The fourth-order valence-electron chi connectivity index (χ4n) is 1.17. The zero-order chi connectivity index (χ0) is 11.1. The van der Waals surface area contributed by atoms with Crippen LogP contribution in [-0.4, -0.2) is 19.4 Å². The molecule has 0 heterocycles. The van der Waals surface area contributed by atoms with Crippen LogP contribution in [0.2, 0.25) is 0 Å². The van der Waals surface area contributed by atoms with Crippen LogP contribution in [0.4, 0.5) is 0 Å². The van der Waals surface area contributed by atoms with Gasteiger partial charge in [-0.3, -0.25) is 5.41 Å². The first-order valence-electron chi connectivity index (χ1n) is 4.82. The average Bonchev–Trinajstić information content (AvgIpc) is 2.25. The lowest BCUT2D eigenvalue weighted by atomic mass is 10.1. The molecule has 78 valence electrons. The normalized spacial score (nSPS) is 9.13. The molecule has 0 aliphatic rings. The summed E-state index contributed by atoms with van der Waals surface area (Å²) >= 11 is 0. The zero-order valence-corrected chi connectivity index (χ0v) is 8.80. The van der Waals surface area contributed by atoms with Gasteiger partial charge >= 0.3 is 0 Å². The van der Waals surface area contributed by atoms with Crippen molar-refractivity contribution in [3.05, 3.63) is 35.4 Å². The van der Waals surface area contributed by atoms with E-state index in [-0.39, 0.29) is 5.84 Å². The van der Waals surface area contributed by atoms with Gasteiger partial charge in [0.25, 0.3) is 0 Å². The van der Waals surface area contributed by atoms with Gasteiger partial charge in [-0.1, -0.05) is 30.0 Å². The number of rotatable bonds is 3. The van der Waals surface area contributed by atoms with Crippen molar-refractivity contribution in [2.24, 2.45) is 5.73 Å². The highest BCUT2D eigenvalue weighted by atomic mass is 14.8. The monoisotopic (exact) mass is 201 g/mol. The molecule has 0 aromatic heterocycles. The second kappa shape index (κ2) is 5.84. The molecule has 0 amide bonds. The van der Waals surface area contributed by atoms with E-state index < -0.39 is 0 Å². The van der Waals surface area contributed by atoms with Crippen molar-refractivity contribution >= 4 is 5.84 Å². The fraction of sp³-hybridized carbons (Fsp3) is 0.250. The van der Waals surface area contributed by atoms with E-state index in [1.807, 2.05) is 31.3 Å². The van der Waals surface area contributed by atoms with Crippen molar-refractivity contribution in [3.63, 3.8) is 0 Å². The number of nitrogens with one attached hydrogen (secondary N) is 2. The highest BCUT2D eigenvalue weighted by molar-refractivity contribution is 5.97. The van der Waals surface area contributed by atoms with Gasteiger partial charge in [-0.15, -0.1) is 0 Å². The summed E-state index contributed by atoms with van der Waals surface area (Å²) in [6.45, 7) is 0.870. The molecular formula is C12H15N3. The number of hydrogen-bond acceptors (Lipinski definition) is 2. The topological polar surface area (TPSA) is 61.9 Å². The first kappa shape index (κ1) is 11.3. The standard InChI is InChI=1S/C12H15N3/c1-15-9-5-4-7-10-6-2-3-8-11(10)12(13)14/h2-3,6,8,15H,5,9H2,1H3,(H3,13,14). The van der Waals surface area contributed by atoms with Crippen molar-refractivity contribution in [2.45, 2.75) is 6.42 Å². The Hall–Kier alpha value is -1.79. The summed E-state index contributed by atoms with van der Waals surface area (Å²) in [7, 11) is 1.89. The van der Waals surface area contributed by atoms with Crippen molar-refractivity contribution in [1.29, 1.82) is 5.41 Å². The molecule has 0 unspecified atom stereocenters. The zero-order valence-electron chi connectivity index (χ0n) is 8.80. The highest BCUT2D eigenvalue weighted by Gasteiger charge is 2.00. The number of amidine groups is 1. The van der Waals surface area contributed by atoms with E-state index in [1.54, 1.807) is 0 Å². The molecule has 1 aromatic rings. The number of hydrogen-bond donors (Lipinski definition) is 3. The van der Waals surface area contributed by atoms with E-state index in [4.69, 9.17) is 11.1 Å². The number of nitrogens with two attached hydrogens (primary N) is 1. The Bertz CT molecular complexity index is 399. The highest BCUT2D eigenvalue weighted by Crippen LogP contribution is 2.05. The molecule has 0 fully saturated rings. The molecule has 0 aliphatic heterocycles. The van der Waals surface area contributed by atoms with Crippen LogP contribution in [0, 0.1) is 17.3 Å². The quantitative estimate of drug-likeness (QED) is 0.295. The molecule has 1 aromatic carbocycles. The molecular weight excluding hydrogens is 186 g/mol. The summed E-state index contributed by atoms with van der Waals surface area (Å²) in [6, 6.07) is 7.44. The summed E-state index contributed by atoms with van der Waals surface area (Å²) in [4.78, 5) is 0. The van der Waals surface area contributed by atoms with Crippen LogP contribution in [0.5, 0.6) is 0 Å². The molecule has 0 saturated carbocycles. The molecule has 0 aliphatic carbocycles. The van der Waals surface area contributed by atoms with Crippen LogP contribution >= 0.6 is 0 Å². The summed E-state index contributed by atoms with van der Waals surface area (Å²) in [5, 5.41) is 10.4. The smallest absolute Gasteiger partial charge is 0.124 e. The van der Waals surface area contributed by atoms with Crippen molar-refractivity contribution in [3.8, 4) is 11.8 Å². The molecule has 0 saturated heterocycles. The summed E-state index contributed by atoms with van der Waals surface area (Å²) in [5.41, 5.74) is 6.97. The second-order valence-corrected chi connectivity index (χ2v) is 3.11. The minimum absolute atomic E-state index is 0.0634. The van der Waals surface area contributed by atoms with E-state index in [0.717, 1.165) is 18.5 Å². The van der Waals surface area contributed by atoms with Gasteiger partial charge in [0.1, 0.15) is 5.84 Å². The summed E-state index contributed by atoms with van der Waals surface area (Å²) in [5.74, 6) is 6.12. The third-order valence-corrected chi connectivity index (χ3v) is 1.94. The largest absolute Gasteiger partial charge is 0.384 e. The van der Waals surface area contributed by atoms with Crippen LogP contribution < -0.4 is 11.1 Å². The van der Waals surface area contributed by atoms with Gasteiger partial charge in [0.2, 0.25) is 0 Å². The minimum atomic E-state index is 0.0634. The van der Waals surface area contributed by atoms with E-state index in [1.165, 1.54) is 0 Å². The molecule has 1 rings (SSSR count). The van der Waals surface area contributed by atoms with Gasteiger partial charge in [0, 0.05) is 24.1 Å². The van der Waals surface area contributed by atoms with Gasteiger partial charge in [0.05, 0.1) is 0 Å². The van der Waals surface area contributed by atoms with Gasteiger partial charge in [-0.2, -0.15) is 0 Å². The molecule has 15 heavy (non-hydrogen) atoms. The summed E-state index contributed by atoms with van der Waals surface area (Å²) < 4.78 is 0. The first-order chi connectivity index (χ1) is 7.25. The van der Waals surface area contributed by atoms with Crippen LogP contribution in [0.1, 0.15) is 17.5 Å². The van der Waals surface area contributed by atoms with Crippen molar-refractivity contribution in [1.82, 2.24) is 5.32 Å². The van der Waals surface area contributed by atoms with Crippen LogP contribution in [-0.2, 0) is 0 Å². The number of nitrogen functional groups attached to an aromatic ring is 1. The predicted molar refractivity (Wildman–Crippen MR) is 62.9 cm³/mol. The molecule has 0 radical (unpaired) electrons. The Kier molecular flexibility index (Phi) is 4.39. The lowest BCUT2D eigenvalue weighted by Gasteiger charge is -2.00. The van der Waals surface area contributed by atoms with Crippen molar-refractivity contribution < 1.29 is 0 Å². The minimum Gasteiger partial charge on any atom is -0.384 e. The molecule has 0 atom stereocenters. The lowest BCUT2D eigenvalue weighted by molar-refractivity contribution is 0.818. The van der Waals surface area contributed by atoms with Gasteiger partial charge in [-0.05, 0) is 13.1 Å². The van der Waals surface area contributed by atoms with Crippen LogP contribution in [0.25, 0.3) is 0 Å². The third kappa shape index (κ3) is 3.45. The Labute approximate surface area is 90.2 Å². The maximum Gasteiger partial charge on any atom is 0.124 e. The second-order valence-electron chi connectivity index (χ2n) is 3.11. The Morgan fingerprint density at radius 3 is 2.87 bits per heavy atom. The molecule has 3 heteroatoms. The molecule has 0 spiro atoms. The van der Waals surface area contributed by atoms with E-state index >= 15 is 0 Å². The van der Waals surface area contributed by atoms with Gasteiger partial charge in [-0.25, -0.2) is 0 Å². The fourth-order valence-corrected chi connectivity index (χ4v) is 1.17. The van der Waals surface area contributed by atoms with Crippen LogP contribution in [0.3, 0.4) is 0 Å². The van der Waals surface area contributed by atoms with E-state index in [9.17, 15) is 0 Å². The summed E-state index contributed by atoms with van der Waals surface area (Å²) in [6.07, 6.45) is 0.794.